The topological polar surface area (TPSA) is 52.6 Å². The third-order valence-corrected chi connectivity index (χ3v) is 4.93. The van der Waals surface area contributed by atoms with Gasteiger partial charge in [-0.3, -0.25) is 4.79 Å². The highest BCUT2D eigenvalue weighted by atomic mass is 16.3. The van der Waals surface area contributed by atoms with Crippen molar-refractivity contribution < 1.29 is 9.90 Å². The number of carbonyl (C=O) groups is 1. The Morgan fingerprint density at radius 1 is 1.33 bits per heavy atom. The summed E-state index contributed by atoms with van der Waals surface area (Å²) in [5.41, 5.74) is 2.37. The molecule has 1 fully saturated rings. The molecule has 1 aromatic carbocycles. The number of anilines is 1. The van der Waals surface area contributed by atoms with Gasteiger partial charge in [-0.1, -0.05) is 25.1 Å². The Kier molecular flexibility index (Phi) is 3.89. The molecule has 4 heteroatoms. The van der Waals surface area contributed by atoms with E-state index in [0.29, 0.717) is 19.5 Å². The first-order valence-electron chi connectivity index (χ1n) is 7.87. The van der Waals surface area contributed by atoms with E-state index in [1.54, 1.807) is 0 Å². The maximum atomic E-state index is 12.8. The number of fused-ring (bicyclic) bond motifs is 1. The number of carbonyl (C=O) groups excluding carboxylic acids is 1. The summed E-state index contributed by atoms with van der Waals surface area (Å²) in [5, 5.41) is 13.3. The molecule has 2 heterocycles. The van der Waals surface area contributed by atoms with Crippen LogP contribution in [0, 0.1) is 11.8 Å². The number of piperidine rings is 1. The normalized spacial score (nSPS) is 32.2. The number of para-hydroxylation sites is 1. The van der Waals surface area contributed by atoms with Crippen LogP contribution < -0.4 is 5.32 Å². The van der Waals surface area contributed by atoms with Gasteiger partial charge in [0.15, 0.2) is 0 Å². The monoisotopic (exact) mass is 288 g/mol. The van der Waals surface area contributed by atoms with Crippen LogP contribution in [0.4, 0.5) is 5.69 Å². The molecular formula is C17H24N2O2. The summed E-state index contributed by atoms with van der Waals surface area (Å²) in [6.07, 6.45) is 1.23. The molecule has 0 aromatic heterocycles. The fourth-order valence-electron chi connectivity index (χ4n) is 3.47. The van der Waals surface area contributed by atoms with Gasteiger partial charge >= 0.3 is 0 Å². The zero-order valence-corrected chi connectivity index (χ0v) is 12.7. The van der Waals surface area contributed by atoms with Gasteiger partial charge in [-0.2, -0.15) is 0 Å². The Bertz CT molecular complexity index is 531. The summed E-state index contributed by atoms with van der Waals surface area (Å²) < 4.78 is 0. The van der Waals surface area contributed by atoms with Crippen LogP contribution >= 0.6 is 0 Å². The number of nitrogens with zero attached hydrogens (tertiary/aromatic N) is 1. The number of aliphatic hydroxyl groups is 1. The van der Waals surface area contributed by atoms with Crippen LogP contribution in [0.25, 0.3) is 0 Å². The van der Waals surface area contributed by atoms with E-state index in [-0.39, 0.29) is 29.9 Å². The second-order valence-electron chi connectivity index (χ2n) is 6.52. The van der Waals surface area contributed by atoms with E-state index in [9.17, 15) is 9.90 Å². The molecule has 2 aliphatic heterocycles. The van der Waals surface area contributed by atoms with Gasteiger partial charge in [0.2, 0.25) is 5.91 Å². The van der Waals surface area contributed by atoms with Crippen LogP contribution in [0.1, 0.15) is 25.8 Å². The van der Waals surface area contributed by atoms with Crippen molar-refractivity contribution in [2.24, 2.45) is 11.8 Å². The summed E-state index contributed by atoms with van der Waals surface area (Å²) in [6, 6.07) is 8.36. The molecule has 4 atom stereocenters. The van der Waals surface area contributed by atoms with Gasteiger partial charge in [0.1, 0.15) is 0 Å². The number of rotatable bonds is 1. The lowest BCUT2D eigenvalue weighted by Crippen LogP contribution is -2.51. The smallest absolute Gasteiger partial charge is 0.228 e. The molecule has 1 aromatic rings. The van der Waals surface area contributed by atoms with Crippen molar-refractivity contribution in [1.29, 1.82) is 0 Å². The van der Waals surface area contributed by atoms with E-state index in [4.69, 9.17) is 0 Å². The standard InChI is InChI=1S/C17H24N2O2/c1-11-10-19(8-7-16(11)20)17(21)14-9-13-5-3-4-6-15(13)18-12(14)2/h3-6,11-12,14,16,18,20H,7-10H2,1-2H3. The van der Waals surface area contributed by atoms with Gasteiger partial charge in [-0.05, 0) is 37.3 Å². The lowest BCUT2D eigenvalue weighted by atomic mass is 9.86. The summed E-state index contributed by atoms with van der Waals surface area (Å²) in [5.74, 6) is 0.382. The summed E-state index contributed by atoms with van der Waals surface area (Å²) in [6.45, 7) is 5.45. The number of likely N-dealkylation sites (tertiary alicyclic amines) is 1. The SMILES string of the molecule is CC1CN(C(=O)C2Cc3ccccc3NC2C)CCC1O. The van der Waals surface area contributed by atoms with E-state index in [1.165, 1.54) is 5.56 Å². The predicted molar refractivity (Wildman–Crippen MR) is 83.1 cm³/mol. The Morgan fingerprint density at radius 3 is 2.86 bits per heavy atom. The van der Waals surface area contributed by atoms with Gasteiger partial charge in [0, 0.05) is 24.8 Å². The zero-order valence-electron chi connectivity index (χ0n) is 12.7. The molecule has 0 radical (unpaired) electrons. The summed E-state index contributed by atoms with van der Waals surface area (Å²) >= 11 is 0. The molecule has 21 heavy (non-hydrogen) atoms. The van der Waals surface area contributed by atoms with Crippen molar-refractivity contribution in [2.45, 2.75) is 38.8 Å². The van der Waals surface area contributed by atoms with Gasteiger partial charge < -0.3 is 15.3 Å². The fourth-order valence-corrected chi connectivity index (χ4v) is 3.47. The molecule has 4 nitrogen and oxygen atoms in total. The largest absolute Gasteiger partial charge is 0.393 e. The first-order chi connectivity index (χ1) is 10.1. The van der Waals surface area contributed by atoms with Crippen LogP contribution in [-0.4, -0.2) is 41.1 Å². The molecule has 1 amide bonds. The number of nitrogens with one attached hydrogen (secondary N) is 1. The lowest BCUT2D eigenvalue weighted by molar-refractivity contribution is -0.139. The van der Waals surface area contributed by atoms with Crippen LogP contribution in [0.5, 0.6) is 0 Å². The van der Waals surface area contributed by atoms with Gasteiger partial charge in [-0.15, -0.1) is 0 Å². The van der Waals surface area contributed by atoms with Crippen molar-refractivity contribution in [3.05, 3.63) is 29.8 Å². The molecule has 0 saturated carbocycles. The molecule has 2 N–H and O–H groups in total. The third kappa shape index (κ3) is 2.77. The second kappa shape index (κ2) is 5.68. The fraction of sp³-hybridized carbons (Fsp3) is 0.588. The minimum Gasteiger partial charge on any atom is -0.393 e. The van der Waals surface area contributed by atoms with E-state index < -0.39 is 0 Å². The highest BCUT2D eigenvalue weighted by Gasteiger charge is 2.36. The Morgan fingerprint density at radius 2 is 2.10 bits per heavy atom. The number of hydrogen-bond donors (Lipinski definition) is 2. The zero-order chi connectivity index (χ0) is 15.0. The Labute approximate surface area is 126 Å². The van der Waals surface area contributed by atoms with Crippen LogP contribution in [-0.2, 0) is 11.2 Å². The van der Waals surface area contributed by atoms with Crippen molar-refractivity contribution in [2.75, 3.05) is 18.4 Å². The summed E-state index contributed by atoms with van der Waals surface area (Å²) in [4.78, 5) is 14.8. The van der Waals surface area contributed by atoms with Crippen molar-refractivity contribution >= 4 is 11.6 Å². The highest BCUT2D eigenvalue weighted by Crippen LogP contribution is 2.30. The molecule has 3 rings (SSSR count). The van der Waals surface area contributed by atoms with Gasteiger partial charge in [0.05, 0.1) is 12.0 Å². The number of amides is 1. The van der Waals surface area contributed by atoms with E-state index >= 15 is 0 Å². The van der Waals surface area contributed by atoms with Crippen LogP contribution in [0.2, 0.25) is 0 Å². The average molecular weight is 288 g/mol. The van der Waals surface area contributed by atoms with Crippen molar-refractivity contribution in [1.82, 2.24) is 4.90 Å². The minimum absolute atomic E-state index is 0.0117. The molecule has 114 valence electrons. The lowest BCUT2D eigenvalue weighted by Gasteiger charge is -2.39. The number of hydrogen-bond acceptors (Lipinski definition) is 3. The Hall–Kier alpha value is -1.55. The average Bonchev–Trinajstić information content (AvgIpc) is 2.48. The summed E-state index contributed by atoms with van der Waals surface area (Å²) in [7, 11) is 0. The number of aliphatic hydroxyl groups excluding tert-OH is 1. The highest BCUT2D eigenvalue weighted by molar-refractivity contribution is 5.81. The molecule has 0 aliphatic carbocycles. The quantitative estimate of drug-likeness (QED) is 0.830. The molecular weight excluding hydrogens is 264 g/mol. The van der Waals surface area contributed by atoms with Crippen molar-refractivity contribution in [3.8, 4) is 0 Å². The molecule has 0 bridgehead atoms. The first-order valence-corrected chi connectivity index (χ1v) is 7.87. The minimum atomic E-state index is -0.267. The number of benzene rings is 1. The third-order valence-electron chi connectivity index (χ3n) is 4.93. The van der Waals surface area contributed by atoms with Gasteiger partial charge in [0.25, 0.3) is 0 Å². The maximum absolute atomic E-state index is 12.8. The maximum Gasteiger partial charge on any atom is 0.228 e. The first kappa shape index (κ1) is 14.4. The van der Waals surface area contributed by atoms with E-state index in [0.717, 1.165) is 12.1 Å². The van der Waals surface area contributed by atoms with E-state index in [1.807, 2.05) is 24.0 Å². The van der Waals surface area contributed by atoms with E-state index in [2.05, 4.69) is 24.4 Å². The second-order valence-corrected chi connectivity index (χ2v) is 6.52. The molecule has 0 spiro atoms. The molecule has 4 unspecified atom stereocenters. The van der Waals surface area contributed by atoms with Gasteiger partial charge in [-0.25, -0.2) is 0 Å². The van der Waals surface area contributed by atoms with Crippen molar-refractivity contribution in [3.63, 3.8) is 0 Å². The van der Waals surface area contributed by atoms with Crippen LogP contribution in [0.3, 0.4) is 0 Å². The Balaban J connectivity index is 1.73. The molecule has 1 saturated heterocycles. The predicted octanol–water partition coefficient (Wildman–Crippen LogP) is 1.89. The van der Waals surface area contributed by atoms with Crippen LogP contribution in [0.15, 0.2) is 24.3 Å². The molecule has 2 aliphatic rings.